The van der Waals surface area contributed by atoms with Crippen LogP contribution in [0.4, 0.5) is 4.39 Å². The third kappa shape index (κ3) is 7.59. The van der Waals surface area contributed by atoms with Gasteiger partial charge in [-0.25, -0.2) is 4.39 Å². The molecule has 1 N–H and O–H groups in total. The maximum absolute atomic E-state index is 13.1. The van der Waals surface area contributed by atoms with Gasteiger partial charge in [-0.2, -0.15) is 0 Å². The lowest BCUT2D eigenvalue weighted by Gasteiger charge is -2.30. The zero-order valence-corrected chi connectivity index (χ0v) is 18.6. The van der Waals surface area contributed by atoms with Crippen molar-refractivity contribution in [1.82, 2.24) is 10.2 Å². The molecule has 0 unspecified atom stereocenters. The van der Waals surface area contributed by atoms with Crippen LogP contribution in [-0.4, -0.2) is 43.0 Å². The van der Waals surface area contributed by atoms with Crippen molar-refractivity contribution in [2.24, 2.45) is 5.92 Å². The lowest BCUT2D eigenvalue weighted by molar-refractivity contribution is -0.143. The summed E-state index contributed by atoms with van der Waals surface area (Å²) < 4.78 is 23.8. The summed E-state index contributed by atoms with van der Waals surface area (Å²) in [5.41, 5.74) is 0.867. The van der Waals surface area contributed by atoms with Gasteiger partial charge in [-0.05, 0) is 54.3 Å². The summed E-state index contributed by atoms with van der Waals surface area (Å²) in [6.45, 7) is 6.43. The SMILES string of the molecule is CC[C@H](C(=O)NCC(C)C)N(Cc1ccc(OC)cc1)C(=O)COc1ccc(F)cc1. The number of nitrogens with one attached hydrogen (secondary N) is 1. The lowest BCUT2D eigenvalue weighted by Crippen LogP contribution is -2.50. The number of hydrogen-bond donors (Lipinski definition) is 1. The van der Waals surface area contributed by atoms with E-state index in [2.05, 4.69) is 5.32 Å². The summed E-state index contributed by atoms with van der Waals surface area (Å²) in [7, 11) is 1.59. The van der Waals surface area contributed by atoms with Crippen molar-refractivity contribution < 1.29 is 23.5 Å². The topological polar surface area (TPSA) is 67.9 Å². The van der Waals surface area contributed by atoms with E-state index in [1.54, 1.807) is 7.11 Å². The number of rotatable bonds is 11. The van der Waals surface area contributed by atoms with Crippen LogP contribution < -0.4 is 14.8 Å². The molecule has 2 aromatic rings. The number of carbonyl (C=O) groups is 2. The van der Waals surface area contributed by atoms with Crippen molar-refractivity contribution in [3.05, 3.63) is 59.9 Å². The van der Waals surface area contributed by atoms with E-state index in [1.807, 2.05) is 45.0 Å². The van der Waals surface area contributed by atoms with Gasteiger partial charge in [0.15, 0.2) is 6.61 Å². The molecule has 0 fully saturated rings. The van der Waals surface area contributed by atoms with Gasteiger partial charge < -0.3 is 19.7 Å². The zero-order chi connectivity index (χ0) is 22.8. The molecule has 168 valence electrons. The smallest absolute Gasteiger partial charge is 0.261 e. The first kappa shape index (κ1) is 24.2. The Bertz CT molecular complexity index is 838. The number of halogens is 1. The summed E-state index contributed by atoms with van der Waals surface area (Å²) in [5, 5.41) is 2.92. The minimum atomic E-state index is -0.634. The van der Waals surface area contributed by atoms with Crippen LogP contribution in [0.2, 0.25) is 0 Å². The molecule has 0 saturated carbocycles. The summed E-state index contributed by atoms with van der Waals surface area (Å²) in [6, 6.07) is 12.2. The molecule has 0 bridgehead atoms. The molecule has 2 rings (SSSR count). The molecular weight excluding hydrogens is 399 g/mol. The van der Waals surface area contributed by atoms with Crippen molar-refractivity contribution in [2.45, 2.75) is 39.8 Å². The van der Waals surface area contributed by atoms with Crippen LogP contribution in [0.5, 0.6) is 11.5 Å². The monoisotopic (exact) mass is 430 g/mol. The highest BCUT2D eigenvalue weighted by atomic mass is 19.1. The van der Waals surface area contributed by atoms with E-state index in [0.29, 0.717) is 30.4 Å². The van der Waals surface area contributed by atoms with Crippen molar-refractivity contribution in [2.75, 3.05) is 20.3 Å². The molecule has 0 aliphatic heterocycles. The Morgan fingerprint density at radius 2 is 1.65 bits per heavy atom. The number of methoxy groups -OCH3 is 1. The maximum Gasteiger partial charge on any atom is 0.261 e. The summed E-state index contributed by atoms with van der Waals surface area (Å²) in [5.74, 6) is 0.493. The van der Waals surface area contributed by atoms with Gasteiger partial charge in [-0.3, -0.25) is 9.59 Å². The molecule has 0 aliphatic rings. The van der Waals surface area contributed by atoms with Crippen LogP contribution >= 0.6 is 0 Å². The molecule has 0 radical (unpaired) electrons. The first-order valence-electron chi connectivity index (χ1n) is 10.4. The average Bonchev–Trinajstić information content (AvgIpc) is 2.77. The Balaban J connectivity index is 2.18. The Morgan fingerprint density at radius 3 is 2.19 bits per heavy atom. The highest BCUT2D eigenvalue weighted by Crippen LogP contribution is 2.17. The van der Waals surface area contributed by atoms with Gasteiger partial charge in [-0.1, -0.05) is 32.9 Å². The van der Waals surface area contributed by atoms with Crippen LogP contribution in [0.15, 0.2) is 48.5 Å². The first-order chi connectivity index (χ1) is 14.8. The largest absolute Gasteiger partial charge is 0.497 e. The number of carbonyl (C=O) groups excluding carboxylic acids is 2. The molecule has 31 heavy (non-hydrogen) atoms. The van der Waals surface area contributed by atoms with Gasteiger partial charge in [0, 0.05) is 13.1 Å². The normalized spacial score (nSPS) is 11.7. The molecule has 0 spiro atoms. The fraction of sp³-hybridized carbons (Fsp3) is 0.417. The van der Waals surface area contributed by atoms with E-state index >= 15 is 0 Å². The van der Waals surface area contributed by atoms with Crippen LogP contribution in [0.25, 0.3) is 0 Å². The summed E-state index contributed by atoms with van der Waals surface area (Å²) >= 11 is 0. The fourth-order valence-electron chi connectivity index (χ4n) is 3.03. The highest BCUT2D eigenvalue weighted by Gasteiger charge is 2.29. The van der Waals surface area contributed by atoms with Gasteiger partial charge in [0.1, 0.15) is 23.4 Å². The van der Waals surface area contributed by atoms with E-state index in [4.69, 9.17) is 9.47 Å². The third-order valence-electron chi connectivity index (χ3n) is 4.76. The molecule has 1 atom stereocenters. The van der Waals surface area contributed by atoms with E-state index < -0.39 is 6.04 Å². The van der Waals surface area contributed by atoms with E-state index in [1.165, 1.54) is 29.2 Å². The van der Waals surface area contributed by atoms with Crippen molar-refractivity contribution in [1.29, 1.82) is 0 Å². The summed E-state index contributed by atoms with van der Waals surface area (Å²) in [6.07, 6.45) is 0.461. The van der Waals surface area contributed by atoms with Gasteiger partial charge >= 0.3 is 0 Å². The number of hydrogen-bond acceptors (Lipinski definition) is 4. The number of amides is 2. The van der Waals surface area contributed by atoms with E-state index in [9.17, 15) is 14.0 Å². The molecule has 0 heterocycles. The molecular formula is C24H31FN2O4. The molecule has 0 aliphatic carbocycles. The van der Waals surface area contributed by atoms with Crippen LogP contribution in [-0.2, 0) is 16.1 Å². The second kappa shape index (κ2) is 11.9. The number of nitrogens with zero attached hydrogens (tertiary/aromatic N) is 1. The van der Waals surface area contributed by atoms with Gasteiger partial charge in [0.25, 0.3) is 5.91 Å². The van der Waals surface area contributed by atoms with E-state index in [-0.39, 0.29) is 30.8 Å². The van der Waals surface area contributed by atoms with Gasteiger partial charge in [-0.15, -0.1) is 0 Å². The fourth-order valence-corrected chi connectivity index (χ4v) is 3.03. The standard InChI is InChI=1S/C24H31FN2O4/c1-5-22(24(29)26-14-17(2)3)27(15-18-6-10-20(30-4)11-7-18)23(28)16-31-21-12-8-19(25)9-13-21/h6-13,17,22H,5,14-16H2,1-4H3,(H,26,29)/t22-/m1/s1. The minimum absolute atomic E-state index is 0.195. The molecule has 0 saturated heterocycles. The van der Waals surface area contributed by atoms with Crippen molar-refractivity contribution in [3.8, 4) is 11.5 Å². The first-order valence-corrected chi connectivity index (χ1v) is 10.4. The molecule has 7 heteroatoms. The van der Waals surface area contributed by atoms with Crippen LogP contribution in [0.3, 0.4) is 0 Å². The molecule has 2 amide bonds. The van der Waals surface area contributed by atoms with Crippen LogP contribution in [0, 0.1) is 11.7 Å². The molecule has 6 nitrogen and oxygen atoms in total. The summed E-state index contributed by atoms with van der Waals surface area (Å²) in [4.78, 5) is 27.4. The quantitative estimate of drug-likeness (QED) is 0.589. The third-order valence-corrected chi connectivity index (χ3v) is 4.76. The predicted octanol–water partition coefficient (Wildman–Crippen LogP) is 3.79. The van der Waals surface area contributed by atoms with Crippen LogP contribution in [0.1, 0.15) is 32.8 Å². The number of ether oxygens (including phenoxy) is 2. The second-order valence-electron chi connectivity index (χ2n) is 7.68. The van der Waals surface area contributed by atoms with Gasteiger partial charge in [0.05, 0.1) is 7.11 Å². The molecule has 2 aromatic carbocycles. The lowest BCUT2D eigenvalue weighted by atomic mass is 10.1. The Kier molecular flexibility index (Phi) is 9.31. The Hall–Kier alpha value is -3.09. The van der Waals surface area contributed by atoms with Crippen molar-refractivity contribution >= 4 is 11.8 Å². The zero-order valence-electron chi connectivity index (χ0n) is 18.6. The minimum Gasteiger partial charge on any atom is -0.497 e. The van der Waals surface area contributed by atoms with Gasteiger partial charge in [0.2, 0.25) is 5.91 Å². The molecule has 0 aromatic heterocycles. The maximum atomic E-state index is 13.1. The Morgan fingerprint density at radius 1 is 1.03 bits per heavy atom. The number of benzene rings is 2. The highest BCUT2D eigenvalue weighted by molar-refractivity contribution is 5.88. The average molecular weight is 431 g/mol. The predicted molar refractivity (Wildman–Crippen MR) is 117 cm³/mol. The van der Waals surface area contributed by atoms with Crippen molar-refractivity contribution in [3.63, 3.8) is 0 Å². The second-order valence-corrected chi connectivity index (χ2v) is 7.68. The van der Waals surface area contributed by atoms with E-state index in [0.717, 1.165) is 5.56 Å². The Labute approximate surface area is 183 Å².